The van der Waals surface area contributed by atoms with Crippen molar-refractivity contribution in [2.75, 3.05) is 12.0 Å². The fraction of sp³-hybridized carbons (Fsp3) is 0.353. The van der Waals surface area contributed by atoms with Gasteiger partial charge in [0.1, 0.15) is 12.4 Å². The number of fused-ring (bicyclic) bond motifs is 1. The number of rotatable bonds is 4. The zero-order valence-corrected chi connectivity index (χ0v) is 14.7. The minimum Gasteiger partial charge on any atom is -0.377 e. The van der Waals surface area contributed by atoms with Crippen LogP contribution in [-0.4, -0.2) is 23.0 Å². The fourth-order valence-corrected chi connectivity index (χ4v) is 2.99. The van der Waals surface area contributed by atoms with Crippen LogP contribution in [0.5, 0.6) is 0 Å². The third-order valence-electron chi connectivity index (χ3n) is 3.89. The molecule has 1 aromatic heterocycles. The number of anilines is 1. The van der Waals surface area contributed by atoms with E-state index < -0.39 is 0 Å². The van der Waals surface area contributed by atoms with Crippen molar-refractivity contribution in [1.82, 2.24) is 9.97 Å². The predicted molar refractivity (Wildman–Crippen MR) is 90.9 cm³/mol. The summed E-state index contributed by atoms with van der Waals surface area (Å²) < 4.78 is 6.12. The maximum atomic E-state index is 12.7. The second-order valence-electron chi connectivity index (χ2n) is 5.72. The van der Waals surface area contributed by atoms with E-state index in [0.29, 0.717) is 31.2 Å². The normalized spacial score (nSPS) is 17.3. The first-order valence-electron chi connectivity index (χ1n) is 7.48. The van der Waals surface area contributed by atoms with Crippen LogP contribution in [0.15, 0.2) is 34.9 Å². The van der Waals surface area contributed by atoms with Gasteiger partial charge in [0.05, 0.1) is 6.54 Å². The molecule has 0 fully saturated rings. The molecule has 1 amide bonds. The third-order valence-corrected chi connectivity index (χ3v) is 4.42. The summed E-state index contributed by atoms with van der Waals surface area (Å²) in [6.07, 6.45) is 2.49. The van der Waals surface area contributed by atoms with E-state index in [4.69, 9.17) is 4.74 Å². The van der Waals surface area contributed by atoms with Crippen LogP contribution < -0.4 is 4.90 Å². The van der Waals surface area contributed by atoms with Gasteiger partial charge in [-0.05, 0) is 24.1 Å². The summed E-state index contributed by atoms with van der Waals surface area (Å²) in [7, 11) is 1.61. The van der Waals surface area contributed by atoms with Gasteiger partial charge in [-0.1, -0.05) is 35.0 Å². The highest BCUT2D eigenvalue weighted by Crippen LogP contribution is 2.30. The van der Waals surface area contributed by atoms with Gasteiger partial charge in [-0.25, -0.2) is 9.97 Å². The number of aromatic nitrogens is 2. The Bertz CT molecular complexity index is 718. The third kappa shape index (κ3) is 3.43. The number of ether oxygens (including phenoxy) is 1. The van der Waals surface area contributed by atoms with Crippen molar-refractivity contribution in [3.05, 3.63) is 51.9 Å². The van der Waals surface area contributed by atoms with E-state index in [1.54, 1.807) is 12.0 Å². The zero-order chi connectivity index (χ0) is 16.4. The average molecular weight is 376 g/mol. The van der Waals surface area contributed by atoms with Crippen molar-refractivity contribution in [3.63, 3.8) is 0 Å². The summed E-state index contributed by atoms with van der Waals surface area (Å²) in [5.74, 6) is 1.34. The molecule has 1 atom stereocenters. The summed E-state index contributed by atoms with van der Waals surface area (Å²) >= 11 is 3.43. The number of carbonyl (C=O) groups is 1. The molecule has 0 radical (unpaired) electrons. The van der Waals surface area contributed by atoms with Crippen LogP contribution in [0.1, 0.15) is 23.9 Å². The maximum Gasteiger partial charge on any atom is 0.231 e. The molecule has 1 aromatic carbocycles. The molecule has 2 aromatic rings. The van der Waals surface area contributed by atoms with Crippen LogP contribution in [0.4, 0.5) is 5.82 Å². The molecule has 120 valence electrons. The molecule has 23 heavy (non-hydrogen) atoms. The Kier molecular flexibility index (Phi) is 4.73. The van der Waals surface area contributed by atoms with Gasteiger partial charge in [-0.15, -0.1) is 0 Å². The molecule has 2 heterocycles. The number of benzene rings is 1. The second kappa shape index (κ2) is 6.76. The molecule has 1 aliphatic heterocycles. The highest BCUT2D eigenvalue weighted by Gasteiger charge is 2.31. The first-order chi connectivity index (χ1) is 11.1. The van der Waals surface area contributed by atoms with Crippen molar-refractivity contribution in [3.8, 4) is 0 Å². The van der Waals surface area contributed by atoms with Crippen LogP contribution in [-0.2, 0) is 29.1 Å². The number of carbonyl (C=O) groups excluding carboxylic acids is 1. The largest absolute Gasteiger partial charge is 0.377 e. The SMILES string of the molecule is COCc1ncc2c(n1)N(Cc1ccc(Br)cc1)C(=O)C(C)C2. The summed E-state index contributed by atoms with van der Waals surface area (Å²) in [5, 5.41) is 0. The van der Waals surface area contributed by atoms with Gasteiger partial charge in [-0.3, -0.25) is 9.69 Å². The van der Waals surface area contributed by atoms with Crippen LogP contribution in [0.25, 0.3) is 0 Å². The average Bonchev–Trinajstić information content (AvgIpc) is 2.54. The molecular weight excluding hydrogens is 358 g/mol. The highest BCUT2D eigenvalue weighted by atomic mass is 79.9. The Morgan fingerprint density at radius 2 is 2.09 bits per heavy atom. The van der Waals surface area contributed by atoms with Crippen LogP contribution in [0.3, 0.4) is 0 Å². The predicted octanol–water partition coefficient (Wildman–Crippen LogP) is 3.11. The van der Waals surface area contributed by atoms with E-state index in [2.05, 4.69) is 25.9 Å². The smallest absolute Gasteiger partial charge is 0.231 e. The number of hydrogen-bond acceptors (Lipinski definition) is 4. The van der Waals surface area contributed by atoms with Gasteiger partial charge in [-0.2, -0.15) is 0 Å². The van der Waals surface area contributed by atoms with Crippen molar-refractivity contribution in [2.45, 2.75) is 26.5 Å². The lowest BCUT2D eigenvalue weighted by Crippen LogP contribution is -2.40. The lowest BCUT2D eigenvalue weighted by Gasteiger charge is -2.31. The Morgan fingerprint density at radius 3 is 2.78 bits per heavy atom. The zero-order valence-electron chi connectivity index (χ0n) is 13.1. The number of nitrogens with zero attached hydrogens (tertiary/aromatic N) is 3. The molecule has 0 spiro atoms. The van der Waals surface area contributed by atoms with E-state index in [1.807, 2.05) is 37.4 Å². The first kappa shape index (κ1) is 16.1. The Morgan fingerprint density at radius 1 is 1.35 bits per heavy atom. The first-order valence-corrected chi connectivity index (χ1v) is 8.27. The van der Waals surface area contributed by atoms with Gasteiger partial charge in [0, 0.05) is 29.3 Å². The standard InChI is InChI=1S/C17H18BrN3O2/c1-11-7-13-8-19-15(10-23-2)20-16(13)21(17(11)22)9-12-3-5-14(18)6-4-12/h3-6,8,11H,7,9-10H2,1-2H3. The molecule has 0 N–H and O–H groups in total. The van der Waals surface area contributed by atoms with Crippen molar-refractivity contribution in [1.29, 1.82) is 0 Å². The minimum atomic E-state index is -0.0603. The van der Waals surface area contributed by atoms with Crippen LogP contribution >= 0.6 is 15.9 Å². The molecule has 1 aliphatic rings. The number of amides is 1. The van der Waals surface area contributed by atoms with Crippen LogP contribution in [0.2, 0.25) is 0 Å². The summed E-state index contributed by atoms with van der Waals surface area (Å²) in [6, 6.07) is 7.97. The molecule has 1 unspecified atom stereocenters. The summed E-state index contributed by atoms with van der Waals surface area (Å²) in [4.78, 5) is 23.3. The van der Waals surface area contributed by atoms with Gasteiger partial charge in [0.25, 0.3) is 0 Å². The van der Waals surface area contributed by atoms with Crippen LogP contribution in [0, 0.1) is 5.92 Å². The topological polar surface area (TPSA) is 55.3 Å². The molecule has 6 heteroatoms. The number of methoxy groups -OCH3 is 1. The Hall–Kier alpha value is -1.79. The van der Waals surface area contributed by atoms with E-state index in [-0.39, 0.29) is 11.8 Å². The van der Waals surface area contributed by atoms with E-state index >= 15 is 0 Å². The molecule has 3 rings (SSSR count). The lowest BCUT2D eigenvalue weighted by molar-refractivity contribution is -0.122. The number of hydrogen-bond donors (Lipinski definition) is 0. The quantitative estimate of drug-likeness (QED) is 0.823. The van der Waals surface area contributed by atoms with E-state index in [1.165, 1.54) is 0 Å². The molecule has 0 aliphatic carbocycles. The van der Waals surface area contributed by atoms with Crippen molar-refractivity contribution >= 4 is 27.7 Å². The molecule has 0 saturated carbocycles. The Balaban J connectivity index is 1.96. The van der Waals surface area contributed by atoms with Gasteiger partial charge in [0.2, 0.25) is 5.91 Å². The minimum absolute atomic E-state index is 0.0603. The van der Waals surface area contributed by atoms with Gasteiger partial charge < -0.3 is 4.74 Å². The fourth-order valence-electron chi connectivity index (χ4n) is 2.72. The maximum absolute atomic E-state index is 12.7. The van der Waals surface area contributed by atoms with E-state index in [0.717, 1.165) is 15.6 Å². The number of halogens is 1. The van der Waals surface area contributed by atoms with E-state index in [9.17, 15) is 4.79 Å². The lowest BCUT2D eigenvalue weighted by atomic mass is 9.96. The molecular formula is C17H18BrN3O2. The monoisotopic (exact) mass is 375 g/mol. The summed E-state index contributed by atoms with van der Waals surface area (Å²) in [5.41, 5.74) is 2.07. The highest BCUT2D eigenvalue weighted by molar-refractivity contribution is 9.10. The second-order valence-corrected chi connectivity index (χ2v) is 6.64. The van der Waals surface area contributed by atoms with Crippen molar-refractivity contribution < 1.29 is 9.53 Å². The summed E-state index contributed by atoms with van der Waals surface area (Å²) in [6.45, 7) is 2.79. The molecule has 5 nitrogen and oxygen atoms in total. The molecule has 0 bridgehead atoms. The van der Waals surface area contributed by atoms with Gasteiger partial charge >= 0.3 is 0 Å². The van der Waals surface area contributed by atoms with Gasteiger partial charge in [0.15, 0.2) is 5.82 Å². The molecule has 0 saturated heterocycles. The van der Waals surface area contributed by atoms with Crippen molar-refractivity contribution in [2.24, 2.45) is 5.92 Å². The Labute approximate surface area is 143 Å².